The van der Waals surface area contributed by atoms with Crippen LogP contribution in [0.1, 0.15) is 15.9 Å². The van der Waals surface area contributed by atoms with Gasteiger partial charge in [0.15, 0.2) is 0 Å². The van der Waals surface area contributed by atoms with Crippen molar-refractivity contribution < 1.29 is 9.90 Å². The van der Waals surface area contributed by atoms with E-state index in [0.717, 1.165) is 5.56 Å². The predicted octanol–water partition coefficient (Wildman–Crippen LogP) is 3.07. The van der Waals surface area contributed by atoms with Gasteiger partial charge in [-0.05, 0) is 24.6 Å². The molecule has 2 aromatic rings. The standard InChI is InChI=1S/C13H12ClN3O2/c1-7-3-2-4-10(14)11(7)17-12-9(13(18)19)5-8(15)6-16-12/h2-6H,15H2,1H3,(H,16,17)(H,18,19). The van der Waals surface area contributed by atoms with Crippen molar-refractivity contribution in [1.29, 1.82) is 0 Å². The number of nitrogens with zero attached hydrogens (tertiary/aromatic N) is 1. The first-order chi connectivity index (χ1) is 8.99. The molecular formula is C13H12ClN3O2. The number of benzene rings is 1. The summed E-state index contributed by atoms with van der Waals surface area (Å²) < 4.78 is 0. The van der Waals surface area contributed by atoms with E-state index < -0.39 is 5.97 Å². The number of aromatic nitrogens is 1. The van der Waals surface area contributed by atoms with Crippen LogP contribution in [-0.4, -0.2) is 16.1 Å². The lowest BCUT2D eigenvalue weighted by molar-refractivity contribution is 0.0697. The Labute approximate surface area is 115 Å². The minimum Gasteiger partial charge on any atom is -0.478 e. The summed E-state index contributed by atoms with van der Waals surface area (Å²) in [6.45, 7) is 1.87. The second-order valence-corrected chi connectivity index (χ2v) is 4.43. The van der Waals surface area contributed by atoms with Crippen LogP contribution in [0.2, 0.25) is 5.02 Å². The van der Waals surface area contributed by atoms with Gasteiger partial charge in [0.1, 0.15) is 11.4 Å². The lowest BCUT2D eigenvalue weighted by atomic mass is 10.2. The molecule has 0 aliphatic heterocycles. The fourth-order valence-electron chi connectivity index (χ4n) is 1.65. The molecule has 98 valence electrons. The summed E-state index contributed by atoms with van der Waals surface area (Å²) in [5, 5.41) is 12.6. The number of aromatic carboxylic acids is 1. The third-order valence-corrected chi connectivity index (χ3v) is 2.92. The SMILES string of the molecule is Cc1cccc(Cl)c1Nc1ncc(N)cc1C(=O)O. The van der Waals surface area contributed by atoms with Crippen molar-refractivity contribution in [2.45, 2.75) is 6.92 Å². The highest BCUT2D eigenvalue weighted by atomic mass is 35.5. The highest BCUT2D eigenvalue weighted by Crippen LogP contribution is 2.29. The van der Waals surface area contributed by atoms with Crippen LogP contribution in [0.4, 0.5) is 17.2 Å². The van der Waals surface area contributed by atoms with E-state index in [2.05, 4.69) is 10.3 Å². The van der Waals surface area contributed by atoms with Gasteiger partial charge >= 0.3 is 5.97 Å². The molecule has 0 atom stereocenters. The largest absolute Gasteiger partial charge is 0.478 e. The molecule has 1 heterocycles. The number of para-hydroxylation sites is 1. The molecule has 2 rings (SSSR count). The second kappa shape index (κ2) is 5.16. The Morgan fingerprint density at radius 3 is 2.84 bits per heavy atom. The van der Waals surface area contributed by atoms with E-state index in [1.165, 1.54) is 12.3 Å². The lowest BCUT2D eigenvalue weighted by Gasteiger charge is -2.12. The van der Waals surface area contributed by atoms with E-state index in [0.29, 0.717) is 16.4 Å². The molecule has 4 N–H and O–H groups in total. The Hall–Kier alpha value is -2.27. The van der Waals surface area contributed by atoms with Crippen molar-refractivity contribution in [2.24, 2.45) is 0 Å². The Kier molecular flexibility index (Phi) is 3.57. The molecule has 0 saturated heterocycles. The molecule has 6 heteroatoms. The first-order valence-electron chi connectivity index (χ1n) is 5.50. The zero-order valence-electron chi connectivity index (χ0n) is 10.1. The number of carboxylic acids is 1. The van der Waals surface area contributed by atoms with Gasteiger partial charge in [-0.3, -0.25) is 0 Å². The summed E-state index contributed by atoms with van der Waals surface area (Å²) in [6.07, 6.45) is 1.39. The topological polar surface area (TPSA) is 88.2 Å². The number of anilines is 3. The highest BCUT2D eigenvalue weighted by molar-refractivity contribution is 6.33. The van der Waals surface area contributed by atoms with Gasteiger partial charge in [-0.25, -0.2) is 9.78 Å². The maximum absolute atomic E-state index is 11.2. The second-order valence-electron chi connectivity index (χ2n) is 4.03. The van der Waals surface area contributed by atoms with Gasteiger partial charge in [0.05, 0.1) is 22.6 Å². The van der Waals surface area contributed by atoms with E-state index in [4.69, 9.17) is 22.4 Å². The molecule has 1 aromatic carbocycles. The molecule has 0 saturated carbocycles. The maximum Gasteiger partial charge on any atom is 0.339 e. The number of aryl methyl sites for hydroxylation is 1. The highest BCUT2D eigenvalue weighted by Gasteiger charge is 2.14. The molecular weight excluding hydrogens is 266 g/mol. The Bertz CT molecular complexity index is 624. The van der Waals surface area contributed by atoms with Crippen LogP contribution in [0, 0.1) is 6.92 Å². The first kappa shape index (κ1) is 13.2. The number of rotatable bonds is 3. The van der Waals surface area contributed by atoms with Crippen molar-refractivity contribution >= 4 is 34.8 Å². The monoisotopic (exact) mass is 277 g/mol. The van der Waals surface area contributed by atoms with Crippen LogP contribution in [0.15, 0.2) is 30.5 Å². The number of carbonyl (C=O) groups is 1. The molecule has 0 amide bonds. The molecule has 0 aliphatic rings. The van der Waals surface area contributed by atoms with E-state index in [9.17, 15) is 4.79 Å². The summed E-state index contributed by atoms with van der Waals surface area (Å²) in [7, 11) is 0. The number of nitrogen functional groups attached to an aromatic ring is 1. The van der Waals surface area contributed by atoms with Crippen molar-refractivity contribution in [3.8, 4) is 0 Å². The molecule has 19 heavy (non-hydrogen) atoms. The summed E-state index contributed by atoms with van der Waals surface area (Å²) in [5.74, 6) is -0.898. The molecule has 5 nitrogen and oxygen atoms in total. The van der Waals surface area contributed by atoms with E-state index in [1.54, 1.807) is 6.07 Å². The van der Waals surface area contributed by atoms with Gasteiger partial charge in [-0.15, -0.1) is 0 Å². The van der Waals surface area contributed by atoms with Crippen LogP contribution in [0.3, 0.4) is 0 Å². The van der Waals surface area contributed by atoms with Gasteiger partial charge < -0.3 is 16.2 Å². The number of carboxylic acid groups (broad SMARTS) is 1. The lowest BCUT2D eigenvalue weighted by Crippen LogP contribution is -2.07. The molecule has 0 unspecified atom stereocenters. The van der Waals surface area contributed by atoms with Crippen LogP contribution in [-0.2, 0) is 0 Å². The van der Waals surface area contributed by atoms with Gasteiger partial charge in [0.25, 0.3) is 0 Å². The predicted molar refractivity (Wildman–Crippen MR) is 75.1 cm³/mol. The zero-order valence-corrected chi connectivity index (χ0v) is 10.9. The van der Waals surface area contributed by atoms with Crippen LogP contribution in [0.25, 0.3) is 0 Å². The molecule has 0 radical (unpaired) electrons. The molecule has 0 aliphatic carbocycles. The quantitative estimate of drug-likeness (QED) is 0.802. The summed E-state index contributed by atoms with van der Waals surface area (Å²) in [4.78, 5) is 15.2. The van der Waals surface area contributed by atoms with Gasteiger partial charge in [-0.2, -0.15) is 0 Å². The number of nitrogens with two attached hydrogens (primary N) is 1. The third-order valence-electron chi connectivity index (χ3n) is 2.60. The molecule has 0 spiro atoms. The van der Waals surface area contributed by atoms with Gasteiger partial charge in [0.2, 0.25) is 0 Å². The van der Waals surface area contributed by atoms with E-state index in [1.807, 2.05) is 19.1 Å². The van der Waals surface area contributed by atoms with Crippen molar-refractivity contribution in [2.75, 3.05) is 11.1 Å². The smallest absolute Gasteiger partial charge is 0.339 e. The number of halogens is 1. The van der Waals surface area contributed by atoms with Crippen molar-refractivity contribution in [1.82, 2.24) is 4.98 Å². The van der Waals surface area contributed by atoms with E-state index in [-0.39, 0.29) is 11.4 Å². The third kappa shape index (κ3) is 2.77. The minimum absolute atomic E-state index is 0.000630. The summed E-state index contributed by atoms with van der Waals surface area (Å²) in [6, 6.07) is 6.75. The zero-order chi connectivity index (χ0) is 14.0. The van der Waals surface area contributed by atoms with Gasteiger partial charge in [0, 0.05) is 0 Å². The fourth-order valence-corrected chi connectivity index (χ4v) is 1.92. The Morgan fingerprint density at radius 1 is 1.47 bits per heavy atom. The fraction of sp³-hybridized carbons (Fsp3) is 0.0769. The van der Waals surface area contributed by atoms with E-state index >= 15 is 0 Å². The summed E-state index contributed by atoms with van der Waals surface area (Å²) >= 11 is 6.08. The number of hydrogen-bond acceptors (Lipinski definition) is 4. The average Bonchev–Trinajstić information content (AvgIpc) is 2.35. The van der Waals surface area contributed by atoms with Crippen molar-refractivity contribution in [3.05, 3.63) is 46.6 Å². The minimum atomic E-state index is -1.10. The Balaban J connectivity index is 2.47. The number of hydrogen-bond donors (Lipinski definition) is 3. The maximum atomic E-state index is 11.2. The molecule has 1 aromatic heterocycles. The van der Waals surface area contributed by atoms with Gasteiger partial charge in [-0.1, -0.05) is 23.7 Å². The Morgan fingerprint density at radius 2 is 2.21 bits per heavy atom. The van der Waals surface area contributed by atoms with Crippen LogP contribution >= 0.6 is 11.6 Å². The molecule has 0 fully saturated rings. The normalized spacial score (nSPS) is 10.2. The number of nitrogens with one attached hydrogen (secondary N) is 1. The molecule has 0 bridgehead atoms. The first-order valence-corrected chi connectivity index (χ1v) is 5.88. The number of pyridine rings is 1. The average molecular weight is 278 g/mol. The summed E-state index contributed by atoms with van der Waals surface area (Å²) in [5.41, 5.74) is 7.35. The van der Waals surface area contributed by atoms with Crippen molar-refractivity contribution in [3.63, 3.8) is 0 Å². The van der Waals surface area contributed by atoms with Crippen LogP contribution in [0.5, 0.6) is 0 Å². The van der Waals surface area contributed by atoms with Crippen LogP contribution < -0.4 is 11.1 Å².